The number of fused-ring (bicyclic) bond motifs is 2. The second kappa shape index (κ2) is 7.38. The number of phenols is 1. The number of anilines is 1. The Morgan fingerprint density at radius 1 is 1.00 bits per heavy atom. The molecule has 5 aromatic rings. The van der Waals surface area contributed by atoms with Gasteiger partial charge in [0.2, 0.25) is 0 Å². The number of aromatic nitrogens is 4. The third-order valence-corrected chi connectivity index (χ3v) is 5.18. The topological polar surface area (TPSA) is 130 Å². The molecular formula is C22H16N6O3. The standard InChI is InChI=1S/C22H16N6O3/c29-17-10-7-13-3-1-2-4-16(13)18(17)19(14-5-8-15(9-6-14)28(30)31)27-22-20-21(24-11-23-20)25-12-26-22/h1-12,19,29H,(H2,23,24,25,26,27). The maximum absolute atomic E-state index is 11.1. The summed E-state index contributed by atoms with van der Waals surface area (Å²) >= 11 is 0. The third kappa shape index (κ3) is 3.27. The molecule has 3 aromatic carbocycles. The Kier molecular flexibility index (Phi) is 4.40. The number of rotatable bonds is 5. The van der Waals surface area contributed by atoms with Crippen LogP contribution in [-0.4, -0.2) is 30.0 Å². The van der Waals surface area contributed by atoms with Crippen LogP contribution in [0.1, 0.15) is 17.2 Å². The number of nitrogens with zero attached hydrogens (tertiary/aromatic N) is 4. The fraction of sp³-hybridized carbons (Fsp3) is 0.0455. The number of aromatic amines is 1. The SMILES string of the molecule is O=[N+]([O-])c1ccc(C(Nc2ncnc3nc[nH]c23)c2c(O)ccc3ccccc23)cc1. The van der Waals surface area contributed by atoms with Gasteiger partial charge in [-0.05, 0) is 34.5 Å². The Balaban J connectivity index is 1.71. The molecule has 0 aliphatic carbocycles. The van der Waals surface area contributed by atoms with E-state index < -0.39 is 11.0 Å². The number of hydrogen-bond acceptors (Lipinski definition) is 7. The fourth-order valence-corrected chi connectivity index (χ4v) is 3.71. The number of phenolic OH excluding ortho intramolecular Hbond substituents is 1. The van der Waals surface area contributed by atoms with Crippen LogP contribution in [0.2, 0.25) is 0 Å². The molecule has 2 aromatic heterocycles. The van der Waals surface area contributed by atoms with Crippen LogP contribution in [-0.2, 0) is 0 Å². The molecule has 9 heteroatoms. The van der Waals surface area contributed by atoms with Gasteiger partial charge in [0, 0.05) is 17.7 Å². The molecule has 0 saturated heterocycles. The molecule has 1 atom stereocenters. The first kappa shape index (κ1) is 18.5. The van der Waals surface area contributed by atoms with Crippen molar-refractivity contribution in [2.45, 2.75) is 6.04 Å². The lowest BCUT2D eigenvalue weighted by Crippen LogP contribution is -2.14. The average molecular weight is 412 g/mol. The second-order valence-electron chi connectivity index (χ2n) is 6.97. The summed E-state index contributed by atoms with van der Waals surface area (Å²) in [7, 11) is 0. The molecule has 9 nitrogen and oxygen atoms in total. The van der Waals surface area contributed by atoms with Gasteiger partial charge >= 0.3 is 0 Å². The van der Waals surface area contributed by atoms with Gasteiger partial charge in [-0.3, -0.25) is 10.1 Å². The number of hydrogen-bond donors (Lipinski definition) is 3. The summed E-state index contributed by atoms with van der Waals surface area (Å²) in [5.41, 5.74) is 2.47. The number of imidazole rings is 1. The predicted octanol–water partition coefficient (Wildman–Crippen LogP) is 4.32. The van der Waals surface area contributed by atoms with E-state index in [0.29, 0.717) is 22.5 Å². The molecule has 0 aliphatic rings. The number of nitrogens with one attached hydrogen (secondary N) is 2. The summed E-state index contributed by atoms with van der Waals surface area (Å²) in [4.78, 5) is 26.3. The van der Waals surface area contributed by atoms with Gasteiger partial charge in [0.25, 0.3) is 5.69 Å². The quantitative estimate of drug-likeness (QED) is 0.289. The molecule has 0 fully saturated rings. The molecule has 3 N–H and O–H groups in total. The first-order valence-electron chi connectivity index (χ1n) is 9.47. The molecule has 2 heterocycles. The zero-order valence-corrected chi connectivity index (χ0v) is 16.1. The molecular weight excluding hydrogens is 396 g/mol. The Bertz CT molecular complexity index is 1410. The maximum Gasteiger partial charge on any atom is 0.269 e. The number of nitro groups is 1. The molecule has 0 radical (unpaired) electrons. The van der Waals surface area contributed by atoms with Gasteiger partial charge in [-0.25, -0.2) is 15.0 Å². The van der Waals surface area contributed by atoms with Crippen LogP contribution < -0.4 is 5.32 Å². The van der Waals surface area contributed by atoms with Crippen molar-refractivity contribution >= 4 is 33.4 Å². The molecule has 31 heavy (non-hydrogen) atoms. The number of aromatic hydroxyl groups is 1. The normalized spacial score (nSPS) is 12.1. The molecule has 0 bridgehead atoms. The second-order valence-corrected chi connectivity index (χ2v) is 6.97. The van der Waals surface area contributed by atoms with Crippen molar-refractivity contribution in [2.24, 2.45) is 0 Å². The van der Waals surface area contributed by atoms with E-state index in [2.05, 4.69) is 25.3 Å². The number of non-ortho nitro benzene ring substituents is 1. The first-order chi connectivity index (χ1) is 15.1. The monoisotopic (exact) mass is 412 g/mol. The van der Waals surface area contributed by atoms with E-state index in [0.717, 1.165) is 16.3 Å². The Labute approximate surface area is 175 Å². The molecule has 0 amide bonds. The van der Waals surface area contributed by atoms with Gasteiger partial charge in [0.15, 0.2) is 11.5 Å². The van der Waals surface area contributed by atoms with Crippen LogP contribution in [0, 0.1) is 10.1 Å². The van der Waals surface area contributed by atoms with Crippen LogP contribution in [0.3, 0.4) is 0 Å². The smallest absolute Gasteiger partial charge is 0.269 e. The summed E-state index contributed by atoms with van der Waals surface area (Å²) in [5, 5.41) is 27.1. The van der Waals surface area contributed by atoms with Crippen LogP contribution in [0.25, 0.3) is 21.9 Å². The van der Waals surface area contributed by atoms with Gasteiger partial charge in [-0.1, -0.05) is 30.3 Å². The minimum atomic E-state index is -0.548. The predicted molar refractivity (Wildman–Crippen MR) is 116 cm³/mol. The number of benzene rings is 3. The number of nitro benzene ring substituents is 1. The largest absolute Gasteiger partial charge is 0.508 e. The van der Waals surface area contributed by atoms with E-state index in [1.54, 1.807) is 18.2 Å². The average Bonchev–Trinajstić information content (AvgIpc) is 3.28. The van der Waals surface area contributed by atoms with E-state index in [1.807, 2.05) is 30.3 Å². The highest BCUT2D eigenvalue weighted by atomic mass is 16.6. The fourth-order valence-electron chi connectivity index (χ4n) is 3.71. The molecule has 0 saturated carbocycles. The van der Waals surface area contributed by atoms with Gasteiger partial charge < -0.3 is 15.4 Å². The molecule has 152 valence electrons. The van der Waals surface area contributed by atoms with Crippen molar-refractivity contribution in [3.8, 4) is 5.75 Å². The number of H-pyrrole nitrogens is 1. The highest BCUT2D eigenvalue weighted by molar-refractivity contribution is 5.90. The maximum atomic E-state index is 11.1. The van der Waals surface area contributed by atoms with Gasteiger partial charge in [0.05, 0.1) is 17.3 Å². The lowest BCUT2D eigenvalue weighted by Gasteiger charge is -2.23. The Morgan fingerprint density at radius 2 is 1.81 bits per heavy atom. The van der Waals surface area contributed by atoms with Crippen molar-refractivity contribution in [3.63, 3.8) is 0 Å². The van der Waals surface area contributed by atoms with Gasteiger partial charge in [-0.2, -0.15) is 0 Å². The summed E-state index contributed by atoms with van der Waals surface area (Å²) in [6.07, 6.45) is 2.93. The zero-order chi connectivity index (χ0) is 21.4. The van der Waals surface area contributed by atoms with Crippen molar-refractivity contribution in [2.75, 3.05) is 5.32 Å². The highest BCUT2D eigenvalue weighted by Gasteiger charge is 2.23. The van der Waals surface area contributed by atoms with Crippen molar-refractivity contribution in [1.82, 2.24) is 19.9 Å². The van der Waals surface area contributed by atoms with Crippen molar-refractivity contribution in [1.29, 1.82) is 0 Å². The summed E-state index contributed by atoms with van der Waals surface area (Å²) in [6.45, 7) is 0. The summed E-state index contributed by atoms with van der Waals surface area (Å²) in [5.74, 6) is 0.600. The van der Waals surface area contributed by atoms with Crippen molar-refractivity contribution < 1.29 is 10.0 Å². The Hall–Kier alpha value is -4.53. The van der Waals surface area contributed by atoms with Gasteiger partial charge in [0.1, 0.15) is 17.6 Å². The van der Waals surface area contributed by atoms with Crippen molar-refractivity contribution in [3.05, 3.63) is 94.6 Å². The lowest BCUT2D eigenvalue weighted by molar-refractivity contribution is -0.384. The van der Waals surface area contributed by atoms with E-state index >= 15 is 0 Å². The Morgan fingerprint density at radius 3 is 2.61 bits per heavy atom. The molecule has 0 aliphatic heterocycles. The van der Waals surface area contributed by atoms with Gasteiger partial charge in [-0.15, -0.1) is 0 Å². The minimum Gasteiger partial charge on any atom is -0.508 e. The minimum absolute atomic E-state index is 0.0114. The third-order valence-electron chi connectivity index (χ3n) is 5.18. The summed E-state index contributed by atoms with van der Waals surface area (Å²) in [6, 6.07) is 16.9. The lowest BCUT2D eigenvalue weighted by atomic mass is 9.92. The highest BCUT2D eigenvalue weighted by Crippen LogP contribution is 2.38. The zero-order valence-electron chi connectivity index (χ0n) is 16.1. The summed E-state index contributed by atoms with van der Waals surface area (Å²) < 4.78 is 0. The van der Waals surface area contributed by atoms with Crippen LogP contribution >= 0.6 is 0 Å². The molecule has 5 rings (SSSR count). The van der Waals surface area contributed by atoms with E-state index in [9.17, 15) is 15.2 Å². The van der Waals surface area contributed by atoms with Crippen LogP contribution in [0.4, 0.5) is 11.5 Å². The first-order valence-corrected chi connectivity index (χ1v) is 9.47. The van der Waals surface area contributed by atoms with Crippen LogP contribution in [0.15, 0.2) is 73.3 Å². The van der Waals surface area contributed by atoms with Crippen LogP contribution in [0.5, 0.6) is 5.75 Å². The van der Waals surface area contributed by atoms with E-state index in [-0.39, 0.29) is 11.4 Å². The van der Waals surface area contributed by atoms with E-state index in [1.165, 1.54) is 24.8 Å². The van der Waals surface area contributed by atoms with E-state index in [4.69, 9.17) is 0 Å². The molecule has 1 unspecified atom stereocenters. The molecule has 0 spiro atoms.